The highest BCUT2D eigenvalue weighted by atomic mass is 35.5. The van der Waals surface area contributed by atoms with Crippen molar-refractivity contribution in [3.63, 3.8) is 0 Å². The number of nitrogens with two attached hydrogens (primary N) is 1. The van der Waals surface area contributed by atoms with Crippen molar-refractivity contribution in [1.29, 1.82) is 0 Å². The molecule has 1 aliphatic heterocycles. The molecule has 1 aliphatic rings. The Morgan fingerprint density at radius 2 is 1.80 bits per heavy atom. The number of piperazine rings is 1. The lowest BCUT2D eigenvalue weighted by Crippen LogP contribution is -2.54. The Balaban J connectivity index is 2.25. The maximum absolute atomic E-state index is 12.8. The predicted molar refractivity (Wildman–Crippen MR) is 85.4 cm³/mol. The zero-order valence-corrected chi connectivity index (χ0v) is 14.8. The van der Waals surface area contributed by atoms with E-state index in [4.69, 9.17) is 17.3 Å². The maximum Gasteiger partial charge on any atom is 0.416 e. The number of halogens is 4. The molecule has 2 rings (SSSR count). The van der Waals surface area contributed by atoms with Gasteiger partial charge in [-0.1, -0.05) is 11.6 Å². The van der Waals surface area contributed by atoms with Crippen molar-refractivity contribution in [3.8, 4) is 0 Å². The third-order valence-corrected chi connectivity index (χ3v) is 6.49. The molecule has 11 heteroatoms. The number of primary amides is 1. The molecule has 0 saturated carbocycles. The molecule has 0 unspecified atom stereocenters. The van der Waals surface area contributed by atoms with E-state index < -0.39 is 38.6 Å². The molecule has 6 nitrogen and oxygen atoms in total. The fourth-order valence-corrected chi connectivity index (χ4v) is 4.45. The Morgan fingerprint density at radius 3 is 2.28 bits per heavy atom. The molecule has 0 spiro atoms. The summed E-state index contributed by atoms with van der Waals surface area (Å²) in [5.74, 6) is -0.530. The molecule has 0 aromatic heterocycles. The first-order chi connectivity index (χ1) is 11.4. The zero-order valence-electron chi connectivity index (χ0n) is 13.3. The van der Waals surface area contributed by atoms with Gasteiger partial charge in [-0.15, -0.1) is 0 Å². The Bertz CT molecular complexity index is 762. The van der Waals surface area contributed by atoms with Crippen LogP contribution >= 0.6 is 11.6 Å². The Hall–Kier alpha value is -1.36. The van der Waals surface area contributed by atoms with Gasteiger partial charge in [0.1, 0.15) is 4.90 Å². The minimum absolute atomic E-state index is 0.0204. The molecule has 25 heavy (non-hydrogen) atoms. The summed E-state index contributed by atoms with van der Waals surface area (Å²) in [6.45, 7) is 2.12. The van der Waals surface area contributed by atoms with Crippen LogP contribution in [0.3, 0.4) is 0 Å². The summed E-state index contributed by atoms with van der Waals surface area (Å²) in [5, 5.41) is -0.277. The number of benzene rings is 1. The van der Waals surface area contributed by atoms with E-state index in [0.29, 0.717) is 6.07 Å². The molecule has 140 valence electrons. The number of nitrogens with zero attached hydrogens (tertiary/aromatic N) is 2. The molecule has 0 bridgehead atoms. The van der Waals surface area contributed by atoms with Gasteiger partial charge in [0.25, 0.3) is 0 Å². The SMILES string of the molecule is C[C@H](C(N)=O)N1CCN(S(=O)(=O)c2cc(C(F)(F)F)ccc2Cl)CC1. The van der Waals surface area contributed by atoms with E-state index in [1.165, 1.54) is 0 Å². The maximum atomic E-state index is 12.8. The van der Waals surface area contributed by atoms with Crippen molar-refractivity contribution in [2.24, 2.45) is 5.73 Å². The van der Waals surface area contributed by atoms with E-state index in [0.717, 1.165) is 16.4 Å². The van der Waals surface area contributed by atoms with Gasteiger partial charge < -0.3 is 5.73 Å². The molecule has 1 aromatic carbocycles. The fraction of sp³-hybridized carbons (Fsp3) is 0.500. The van der Waals surface area contributed by atoms with Crippen LogP contribution in [0.5, 0.6) is 0 Å². The number of alkyl halides is 3. The average molecular weight is 400 g/mol. The van der Waals surface area contributed by atoms with Crippen LogP contribution in [-0.2, 0) is 21.0 Å². The van der Waals surface area contributed by atoms with E-state index in [1.807, 2.05) is 0 Å². The van der Waals surface area contributed by atoms with Crippen LogP contribution in [0.4, 0.5) is 13.2 Å². The van der Waals surface area contributed by atoms with Crippen molar-refractivity contribution >= 4 is 27.5 Å². The van der Waals surface area contributed by atoms with Gasteiger partial charge in [0, 0.05) is 26.2 Å². The van der Waals surface area contributed by atoms with Crippen LogP contribution in [0.15, 0.2) is 23.1 Å². The summed E-state index contributed by atoms with van der Waals surface area (Å²) in [4.78, 5) is 12.3. The molecule has 2 N–H and O–H groups in total. The Morgan fingerprint density at radius 1 is 1.24 bits per heavy atom. The van der Waals surface area contributed by atoms with Crippen LogP contribution < -0.4 is 5.73 Å². The molecule has 1 heterocycles. The minimum Gasteiger partial charge on any atom is -0.368 e. The first kappa shape index (κ1) is 20.0. The second-order valence-corrected chi connectivity index (χ2v) is 7.97. The molecule has 0 aliphatic carbocycles. The largest absolute Gasteiger partial charge is 0.416 e. The lowest BCUT2D eigenvalue weighted by Gasteiger charge is -2.36. The van der Waals surface area contributed by atoms with Gasteiger partial charge in [-0.3, -0.25) is 9.69 Å². The highest BCUT2D eigenvalue weighted by Crippen LogP contribution is 2.34. The fourth-order valence-electron chi connectivity index (χ4n) is 2.53. The zero-order chi connectivity index (χ0) is 19.0. The monoisotopic (exact) mass is 399 g/mol. The third-order valence-electron chi connectivity index (χ3n) is 4.11. The lowest BCUT2D eigenvalue weighted by molar-refractivity contribution is -0.137. The van der Waals surface area contributed by atoms with Gasteiger partial charge >= 0.3 is 6.18 Å². The summed E-state index contributed by atoms with van der Waals surface area (Å²) >= 11 is 5.83. The molecule has 1 amide bonds. The summed E-state index contributed by atoms with van der Waals surface area (Å²) < 4.78 is 64.9. The van der Waals surface area contributed by atoms with Crippen LogP contribution in [0, 0.1) is 0 Å². The quantitative estimate of drug-likeness (QED) is 0.832. The van der Waals surface area contributed by atoms with E-state index in [9.17, 15) is 26.4 Å². The van der Waals surface area contributed by atoms with E-state index in [-0.39, 0.29) is 31.2 Å². The summed E-state index contributed by atoms with van der Waals surface area (Å²) in [7, 11) is -4.19. The summed E-state index contributed by atoms with van der Waals surface area (Å²) in [6.07, 6.45) is -4.68. The van der Waals surface area contributed by atoms with Gasteiger partial charge in [0.2, 0.25) is 15.9 Å². The van der Waals surface area contributed by atoms with Gasteiger partial charge in [0.05, 0.1) is 16.6 Å². The number of rotatable bonds is 4. The molecule has 1 fully saturated rings. The van der Waals surface area contributed by atoms with E-state index in [2.05, 4.69) is 0 Å². The van der Waals surface area contributed by atoms with Gasteiger partial charge in [-0.2, -0.15) is 17.5 Å². The Kier molecular flexibility index (Phi) is 5.67. The molecule has 1 atom stereocenters. The molecular formula is C14H17ClF3N3O3S. The van der Waals surface area contributed by atoms with Crippen molar-refractivity contribution in [2.45, 2.75) is 24.0 Å². The molecule has 0 radical (unpaired) electrons. The number of sulfonamides is 1. The van der Waals surface area contributed by atoms with Crippen LogP contribution in [-0.4, -0.2) is 55.8 Å². The van der Waals surface area contributed by atoms with Gasteiger partial charge in [-0.05, 0) is 25.1 Å². The van der Waals surface area contributed by atoms with Crippen molar-refractivity contribution in [2.75, 3.05) is 26.2 Å². The smallest absolute Gasteiger partial charge is 0.368 e. The lowest BCUT2D eigenvalue weighted by atomic mass is 10.2. The van der Waals surface area contributed by atoms with Crippen molar-refractivity contribution in [3.05, 3.63) is 28.8 Å². The standard InChI is InChI=1S/C14H17ClF3N3O3S/c1-9(13(19)22)20-4-6-21(7-5-20)25(23,24)12-8-10(14(16,17)18)2-3-11(12)15/h2-3,8-9H,4-7H2,1H3,(H2,19,22)/t9-/m1/s1. The number of amides is 1. The molecular weight excluding hydrogens is 383 g/mol. The second kappa shape index (κ2) is 7.10. The second-order valence-electron chi connectivity index (χ2n) is 5.66. The number of hydrogen-bond donors (Lipinski definition) is 1. The number of hydrogen-bond acceptors (Lipinski definition) is 4. The van der Waals surface area contributed by atoms with Crippen LogP contribution in [0.25, 0.3) is 0 Å². The van der Waals surface area contributed by atoms with Crippen LogP contribution in [0.2, 0.25) is 5.02 Å². The number of carbonyl (C=O) groups is 1. The third kappa shape index (κ3) is 4.25. The average Bonchev–Trinajstić information content (AvgIpc) is 2.53. The molecule has 1 aromatic rings. The minimum atomic E-state index is -4.68. The van der Waals surface area contributed by atoms with Gasteiger partial charge in [0.15, 0.2) is 0 Å². The van der Waals surface area contributed by atoms with E-state index >= 15 is 0 Å². The van der Waals surface area contributed by atoms with E-state index in [1.54, 1.807) is 11.8 Å². The summed E-state index contributed by atoms with van der Waals surface area (Å²) in [5.41, 5.74) is 4.13. The normalized spacial score (nSPS) is 18.9. The van der Waals surface area contributed by atoms with Crippen molar-refractivity contribution < 1.29 is 26.4 Å². The number of carbonyl (C=O) groups excluding carboxylic acids is 1. The highest BCUT2D eigenvalue weighted by Gasteiger charge is 2.36. The molecule has 1 saturated heterocycles. The predicted octanol–water partition coefficient (Wildman–Crippen LogP) is 1.54. The van der Waals surface area contributed by atoms with Crippen molar-refractivity contribution in [1.82, 2.24) is 9.21 Å². The Labute approximate surface area is 148 Å². The summed E-state index contributed by atoms with van der Waals surface area (Å²) in [6, 6.07) is 1.63. The first-order valence-electron chi connectivity index (χ1n) is 7.35. The topological polar surface area (TPSA) is 83.7 Å². The highest BCUT2D eigenvalue weighted by molar-refractivity contribution is 7.89. The van der Waals surface area contributed by atoms with Crippen LogP contribution in [0.1, 0.15) is 12.5 Å². The van der Waals surface area contributed by atoms with Gasteiger partial charge in [-0.25, -0.2) is 8.42 Å². The first-order valence-corrected chi connectivity index (χ1v) is 9.16.